The van der Waals surface area contributed by atoms with E-state index in [0.29, 0.717) is 17.0 Å². The molecule has 2 unspecified atom stereocenters. The number of aliphatic hydroxyl groups is 1. The zero-order chi connectivity index (χ0) is 25.9. The summed E-state index contributed by atoms with van der Waals surface area (Å²) in [4.78, 5) is 16.1. The molecule has 1 fully saturated rings. The second-order valence-electron chi connectivity index (χ2n) is 8.45. The van der Waals surface area contributed by atoms with Gasteiger partial charge in [-0.1, -0.05) is 25.1 Å². The van der Waals surface area contributed by atoms with Gasteiger partial charge in [0, 0.05) is 5.92 Å². The molecule has 3 heterocycles. The number of carbonyl (C=O) groups excluding carboxylic acids is 1. The van der Waals surface area contributed by atoms with Crippen molar-refractivity contribution in [3.05, 3.63) is 54.5 Å². The number of nitrogens with zero attached hydrogens (tertiary/aromatic N) is 3. The van der Waals surface area contributed by atoms with Gasteiger partial charge in [-0.2, -0.15) is 10.2 Å². The first-order valence-electron chi connectivity index (χ1n) is 11.6. The number of nitrogens with one attached hydrogen (secondary N) is 1. The second kappa shape index (κ2) is 10.9. The first-order valence-corrected chi connectivity index (χ1v) is 13.1. The molecule has 13 heteroatoms. The lowest BCUT2D eigenvalue weighted by atomic mass is 9.97. The van der Waals surface area contributed by atoms with Gasteiger partial charge in [0.1, 0.15) is 35.8 Å². The standard InChI is InChI=1S/C23H30N5O7P/c1-4-32-23(30)15(3)27-36(31,35-16-8-6-5-7-9-16)33-12-19-20(29)14(2)21(34-19)17-10-11-18-22(24)25-13-26-28(17)18/h5-11,13-15,19-21,29H,4,12H2,1-3H3,(H,27,31)(H2,24,25,26)/t14?,15-,19+,20-,21+,36?/m0/s1. The first kappa shape index (κ1) is 26.1. The van der Waals surface area contributed by atoms with Gasteiger partial charge in [-0.15, -0.1) is 0 Å². The molecule has 1 aromatic carbocycles. The van der Waals surface area contributed by atoms with Crippen LogP contribution in [-0.4, -0.2) is 57.1 Å². The Bertz CT molecular complexity index is 1240. The fourth-order valence-corrected chi connectivity index (χ4v) is 5.52. The number of rotatable bonds is 10. The summed E-state index contributed by atoms with van der Waals surface area (Å²) in [6.07, 6.45) is -0.962. The van der Waals surface area contributed by atoms with Gasteiger partial charge in [-0.05, 0) is 38.1 Å². The summed E-state index contributed by atoms with van der Waals surface area (Å²) in [5.41, 5.74) is 7.24. The number of esters is 1. The highest BCUT2D eigenvalue weighted by atomic mass is 31.2. The average molecular weight is 519 g/mol. The zero-order valence-electron chi connectivity index (χ0n) is 20.2. The van der Waals surface area contributed by atoms with E-state index in [-0.39, 0.29) is 24.9 Å². The van der Waals surface area contributed by atoms with E-state index in [9.17, 15) is 14.5 Å². The van der Waals surface area contributed by atoms with Crippen molar-refractivity contribution in [2.75, 3.05) is 18.9 Å². The number of fused-ring (bicyclic) bond motifs is 1. The summed E-state index contributed by atoms with van der Waals surface area (Å²) in [5, 5.41) is 17.7. The van der Waals surface area contributed by atoms with Crippen molar-refractivity contribution >= 4 is 25.1 Å². The highest BCUT2D eigenvalue weighted by molar-refractivity contribution is 7.52. The number of nitrogen functional groups attached to an aromatic ring is 1. The molecule has 0 bridgehead atoms. The van der Waals surface area contributed by atoms with Crippen molar-refractivity contribution < 1.29 is 33.0 Å². The van der Waals surface area contributed by atoms with Crippen LogP contribution in [0.1, 0.15) is 32.6 Å². The van der Waals surface area contributed by atoms with Gasteiger partial charge < -0.3 is 24.8 Å². The van der Waals surface area contributed by atoms with Crippen LogP contribution in [0.4, 0.5) is 5.82 Å². The Labute approximate surface area is 208 Å². The quantitative estimate of drug-likeness (QED) is 0.267. The molecule has 3 aromatic rings. The van der Waals surface area contributed by atoms with Crippen molar-refractivity contribution in [2.45, 2.75) is 45.1 Å². The molecule has 36 heavy (non-hydrogen) atoms. The van der Waals surface area contributed by atoms with Gasteiger partial charge in [0.15, 0.2) is 5.82 Å². The lowest BCUT2D eigenvalue weighted by Gasteiger charge is -2.24. The molecule has 0 amide bonds. The molecule has 4 rings (SSSR count). The maximum absolute atomic E-state index is 13.6. The number of hydrogen-bond donors (Lipinski definition) is 3. The van der Waals surface area contributed by atoms with Crippen LogP contribution in [0, 0.1) is 5.92 Å². The molecule has 1 aliphatic rings. The minimum Gasteiger partial charge on any atom is -0.465 e. The molecule has 1 aliphatic heterocycles. The van der Waals surface area contributed by atoms with Crippen molar-refractivity contribution in [1.29, 1.82) is 0 Å². The summed E-state index contributed by atoms with van der Waals surface area (Å²) in [7, 11) is -4.08. The van der Waals surface area contributed by atoms with Gasteiger partial charge in [0.2, 0.25) is 0 Å². The van der Waals surface area contributed by atoms with E-state index in [4.69, 9.17) is 24.3 Å². The van der Waals surface area contributed by atoms with Crippen LogP contribution in [0.2, 0.25) is 0 Å². The van der Waals surface area contributed by atoms with E-state index in [0.717, 1.165) is 0 Å². The summed E-state index contributed by atoms with van der Waals surface area (Å²) >= 11 is 0. The molecule has 1 saturated heterocycles. The van der Waals surface area contributed by atoms with E-state index in [2.05, 4.69) is 15.2 Å². The fourth-order valence-electron chi connectivity index (χ4n) is 4.01. The number of benzene rings is 1. The first-order chi connectivity index (χ1) is 17.2. The number of aromatic nitrogens is 3. The third-order valence-electron chi connectivity index (χ3n) is 5.89. The van der Waals surface area contributed by atoms with Crippen LogP contribution in [-0.2, 0) is 23.4 Å². The molecule has 0 spiro atoms. The monoisotopic (exact) mass is 519 g/mol. The van der Waals surface area contributed by atoms with Gasteiger partial charge >= 0.3 is 13.7 Å². The summed E-state index contributed by atoms with van der Waals surface area (Å²) < 4.78 is 37.7. The number of nitrogens with two attached hydrogens (primary N) is 1. The van der Waals surface area contributed by atoms with Gasteiger partial charge in [0.25, 0.3) is 0 Å². The Kier molecular flexibility index (Phi) is 7.91. The third-order valence-corrected chi connectivity index (χ3v) is 7.53. The molecule has 12 nitrogen and oxygen atoms in total. The lowest BCUT2D eigenvalue weighted by molar-refractivity contribution is -0.144. The number of aliphatic hydroxyl groups excluding tert-OH is 1. The molecule has 194 valence electrons. The minimum atomic E-state index is -4.08. The predicted octanol–water partition coefficient (Wildman–Crippen LogP) is 2.49. The van der Waals surface area contributed by atoms with Crippen LogP contribution >= 0.6 is 7.75 Å². The molecular formula is C23H30N5O7P. The van der Waals surface area contributed by atoms with E-state index < -0.39 is 38.1 Å². The summed E-state index contributed by atoms with van der Waals surface area (Å²) in [6.45, 7) is 4.90. The Hall–Kier alpha value is -3.02. The molecule has 6 atom stereocenters. The number of ether oxygens (including phenoxy) is 2. The molecule has 0 radical (unpaired) electrons. The van der Waals surface area contributed by atoms with Gasteiger partial charge in [-0.3, -0.25) is 9.32 Å². The Balaban J connectivity index is 1.50. The molecule has 0 saturated carbocycles. The highest BCUT2D eigenvalue weighted by Gasteiger charge is 2.44. The molecule has 4 N–H and O–H groups in total. The maximum Gasteiger partial charge on any atom is 0.459 e. The Morgan fingerprint density at radius 2 is 2.06 bits per heavy atom. The third kappa shape index (κ3) is 5.53. The summed E-state index contributed by atoms with van der Waals surface area (Å²) in [6, 6.07) is 11.0. The average Bonchev–Trinajstić information content (AvgIpc) is 3.40. The number of anilines is 1. The number of hydrogen-bond acceptors (Lipinski definition) is 10. The Morgan fingerprint density at radius 3 is 2.78 bits per heavy atom. The van der Waals surface area contributed by atoms with Gasteiger partial charge in [0.05, 0.1) is 25.0 Å². The normalized spacial score (nSPS) is 24.3. The van der Waals surface area contributed by atoms with Crippen molar-refractivity contribution in [3.63, 3.8) is 0 Å². The molecule has 0 aliphatic carbocycles. The minimum absolute atomic E-state index is 0.169. The zero-order valence-corrected chi connectivity index (χ0v) is 21.1. The van der Waals surface area contributed by atoms with Crippen LogP contribution in [0.3, 0.4) is 0 Å². The molecular weight excluding hydrogens is 489 g/mol. The Morgan fingerprint density at radius 1 is 1.31 bits per heavy atom. The van der Waals surface area contributed by atoms with Crippen molar-refractivity contribution in [1.82, 2.24) is 19.7 Å². The van der Waals surface area contributed by atoms with Crippen molar-refractivity contribution in [2.24, 2.45) is 5.92 Å². The topological polar surface area (TPSA) is 160 Å². The lowest BCUT2D eigenvalue weighted by Crippen LogP contribution is -2.36. The number of para-hydroxylation sites is 1. The molecule has 2 aromatic heterocycles. The van der Waals surface area contributed by atoms with Crippen LogP contribution in [0.5, 0.6) is 5.75 Å². The SMILES string of the molecule is CCOC(=O)[C@H](C)NP(=O)(OC[C@H]1O[C@@H](c2ccc3c(N)ncnn23)C(C)[C@@H]1O)Oc1ccccc1. The fraction of sp³-hybridized carbons (Fsp3) is 0.435. The highest BCUT2D eigenvalue weighted by Crippen LogP contribution is 2.47. The largest absolute Gasteiger partial charge is 0.465 e. The van der Waals surface area contributed by atoms with Crippen LogP contribution in [0.15, 0.2) is 48.8 Å². The second-order valence-corrected chi connectivity index (χ2v) is 10.1. The summed E-state index contributed by atoms with van der Waals surface area (Å²) in [5.74, 6) is -0.345. The van der Waals surface area contributed by atoms with E-state index in [1.54, 1.807) is 47.8 Å². The van der Waals surface area contributed by atoms with E-state index in [1.807, 2.05) is 13.0 Å². The van der Waals surface area contributed by atoms with E-state index in [1.165, 1.54) is 13.3 Å². The van der Waals surface area contributed by atoms with Crippen LogP contribution < -0.4 is 15.3 Å². The predicted molar refractivity (Wildman–Crippen MR) is 130 cm³/mol. The number of carbonyl (C=O) groups is 1. The smallest absolute Gasteiger partial charge is 0.459 e. The van der Waals surface area contributed by atoms with Crippen LogP contribution in [0.25, 0.3) is 5.52 Å². The van der Waals surface area contributed by atoms with Crippen molar-refractivity contribution in [3.8, 4) is 5.75 Å². The van der Waals surface area contributed by atoms with Gasteiger partial charge in [-0.25, -0.2) is 14.1 Å². The maximum atomic E-state index is 13.6. The van der Waals surface area contributed by atoms with E-state index >= 15 is 0 Å².